The van der Waals surface area contributed by atoms with Crippen molar-refractivity contribution in [2.75, 3.05) is 13.1 Å². The van der Waals surface area contributed by atoms with Crippen molar-refractivity contribution in [3.8, 4) is 0 Å². The van der Waals surface area contributed by atoms with Gasteiger partial charge in [0, 0.05) is 25.0 Å². The molecule has 1 aliphatic heterocycles. The van der Waals surface area contributed by atoms with Crippen LogP contribution in [0.25, 0.3) is 0 Å². The first kappa shape index (κ1) is 17.5. The van der Waals surface area contributed by atoms with Gasteiger partial charge in [-0.05, 0) is 38.5 Å². The zero-order valence-electron chi connectivity index (χ0n) is 13.8. The Morgan fingerprint density at radius 1 is 0.958 bits per heavy atom. The lowest BCUT2D eigenvalue weighted by Gasteiger charge is -2.38. The number of halogens is 3. The van der Waals surface area contributed by atoms with Crippen LogP contribution >= 0.6 is 0 Å². The molecule has 2 saturated carbocycles. The summed E-state index contributed by atoms with van der Waals surface area (Å²) in [6, 6.07) is 0.261. The molecule has 24 heavy (non-hydrogen) atoms. The molecule has 0 aromatic carbocycles. The normalized spacial score (nSPS) is 31.6. The Morgan fingerprint density at radius 2 is 1.67 bits per heavy atom. The molecule has 7 heteroatoms. The number of hydrogen-bond donors (Lipinski definition) is 1. The molecule has 1 heterocycles. The van der Waals surface area contributed by atoms with Crippen molar-refractivity contribution in [2.24, 2.45) is 17.8 Å². The fraction of sp³-hybridized carbons (Fsp3) is 0.882. The molecule has 2 amide bonds. The van der Waals surface area contributed by atoms with Crippen molar-refractivity contribution in [3.05, 3.63) is 0 Å². The number of carbonyl (C=O) groups excluding carboxylic acids is 2. The van der Waals surface area contributed by atoms with Gasteiger partial charge in [0.05, 0.1) is 11.8 Å². The maximum atomic E-state index is 13.2. The van der Waals surface area contributed by atoms with E-state index >= 15 is 0 Å². The summed E-state index contributed by atoms with van der Waals surface area (Å²) in [5.41, 5.74) is 0. The van der Waals surface area contributed by atoms with E-state index < -0.39 is 23.9 Å². The van der Waals surface area contributed by atoms with Gasteiger partial charge in [-0.3, -0.25) is 9.59 Å². The molecule has 0 aromatic rings. The van der Waals surface area contributed by atoms with Gasteiger partial charge >= 0.3 is 6.18 Å². The third-order valence-electron chi connectivity index (χ3n) is 5.53. The van der Waals surface area contributed by atoms with Gasteiger partial charge in [0.25, 0.3) is 0 Å². The summed E-state index contributed by atoms with van der Waals surface area (Å²) >= 11 is 0. The number of hydrogen-bond acceptors (Lipinski definition) is 2. The number of alkyl halides is 3. The van der Waals surface area contributed by atoms with Crippen LogP contribution in [0.3, 0.4) is 0 Å². The molecular formula is C17H25F3N2O2. The summed E-state index contributed by atoms with van der Waals surface area (Å²) in [5.74, 6) is -3.23. The Hall–Kier alpha value is -1.27. The number of carbonyl (C=O) groups is 2. The van der Waals surface area contributed by atoms with Crippen molar-refractivity contribution in [1.29, 1.82) is 0 Å². The summed E-state index contributed by atoms with van der Waals surface area (Å²) in [5, 5.41) is 2.94. The topological polar surface area (TPSA) is 49.4 Å². The molecule has 0 aromatic heterocycles. The van der Waals surface area contributed by atoms with Crippen LogP contribution in [-0.2, 0) is 9.59 Å². The van der Waals surface area contributed by atoms with E-state index in [1.54, 1.807) is 0 Å². The van der Waals surface area contributed by atoms with Crippen molar-refractivity contribution in [3.63, 3.8) is 0 Å². The SMILES string of the molecule is O=C(NC1CC1)[C@@H]1CCCN(C(=O)[C@H]2CCCC[C@@H]2C(F)(F)F)C1. The van der Waals surface area contributed by atoms with Gasteiger partial charge in [0.2, 0.25) is 11.8 Å². The third-order valence-corrected chi connectivity index (χ3v) is 5.53. The molecular weight excluding hydrogens is 321 g/mol. The highest BCUT2D eigenvalue weighted by Gasteiger charge is 2.49. The van der Waals surface area contributed by atoms with Crippen LogP contribution < -0.4 is 5.32 Å². The molecule has 3 fully saturated rings. The largest absolute Gasteiger partial charge is 0.392 e. The van der Waals surface area contributed by atoms with Gasteiger partial charge in [-0.2, -0.15) is 13.2 Å². The van der Waals surface area contributed by atoms with Gasteiger partial charge in [0.15, 0.2) is 0 Å². The lowest BCUT2D eigenvalue weighted by Crippen LogP contribution is -2.50. The number of likely N-dealkylation sites (tertiary alicyclic amines) is 1. The monoisotopic (exact) mass is 346 g/mol. The molecule has 0 radical (unpaired) electrons. The minimum atomic E-state index is -4.32. The van der Waals surface area contributed by atoms with Crippen LogP contribution in [-0.4, -0.2) is 42.0 Å². The van der Waals surface area contributed by atoms with Gasteiger partial charge in [0.1, 0.15) is 0 Å². The molecule has 0 bridgehead atoms. The first-order chi connectivity index (χ1) is 11.4. The molecule has 2 aliphatic carbocycles. The van der Waals surface area contributed by atoms with Crippen molar-refractivity contribution < 1.29 is 22.8 Å². The van der Waals surface area contributed by atoms with Crippen LogP contribution in [0.2, 0.25) is 0 Å². The van der Waals surface area contributed by atoms with Crippen LogP contribution in [0, 0.1) is 17.8 Å². The Morgan fingerprint density at radius 3 is 2.33 bits per heavy atom. The summed E-state index contributed by atoms with van der Waals surface area (Å²) in [4.78, 5) is 26.4. The molecule has 0 unspecified atom stereocenters. The molecule has 136 valence electrons. The van der Waals surface area contributed by atoms with E-state index in [9.17, 15) is 22.8 Å². The van der Waals surface area contributed by atoms with E-state index in [2.05, 4.69) is 5.32 Å². The highest BCUT2D eigenvalue weighted by molar-refractivity contribution is 5.83. The van der Waals surface area contributed by atoms with Crippen LogP contribution in [0.1, 0.15) is 51.4 Å². The van der Waals surface area contributed by atoms with Gasteiger partial charge < -0.3 is 10.2 Å². The fourth-order valence-electron chi connectivity index (χ4n) is 3.99. The highest BCUT2D eigenvalue weighted by Crippen LogP contribution is 2.42. The van der Waals surface area contributed by atoms with E-state index in [-0.39, 0.29) is 30.8 Å². The third kappa shape index (κ3) is 4.03. The average Bonchev–Trinajstić information content (AvgIpc) is 3.37. The minimum absolute atomic E-state index is 0.0410. The quantitative estimate of drug-likeness (QED) is 0.854. The number of rotatable bonds is 3. The Kier molecular flexibility index (Phi) is 5.06. The van der Waals surface area contributed by atoms with E-state index in [1.165, 1.54) is 4.90 Å². The van der Waals surface area contributed by atoms with E-state index in [0.717, 1.165) is 12.8 Å². The lowest BCUT2D eigenvalue weighted by atomic mass is 9.77. The Labute approximate surface area is 140 Å². The predicted molar refractivity (Wildman–Crippen MR) is 82.0 cm³/mol. The molecule has 3 aliphatic rings. The molecule has 4 nitrogen and oxygen atoms in total. The van der Waals surface area contributed by atoms with Gasteiger partial charge in [-0.1, -0.05) is 12.8 Å². The number of amides is 2. The van der Waals surface area contributed by atoms with Crippen LogP contribution in [0.5, 0.6) is 0 Å². The number of nitrogens with zero attached hydrogens (tertiary/aromatic N) is 1. The second-order valence-corrected chi connectivity index (χ2v) is 7.45. The van der Waals surface area contributed by atoms with E-state index in [1.807, 2.05) is 0 Å². The van der Waals surface area contributed by atoms with Crippen molar-refractivity contribution in [2.45, 2.75) is 63.6 Å². The Bertz CT molecular complexity index is 491. The van der Waals surface area contributed by atoms with Crippen molar-refractivity contribution >= 4 is 11.8 Å². The summed E-state index contributed by atoms with van der Waals surface area (Å²) in [6.07, 6.45) is 0.598. The minimum Gasteiger partial charge on any atom is -0.353 e. The maximum absolute atomic E-state index is 13.2. The average molecular weight is 346 g/mol. The summed E-state index contributed by atoms with van der Waals surface area (Å²) < 4.78 is 39.7. The van der Waals surface area contributed by atoms with Gasteiger partial charge in [-0.25, -0.2) is 0 Å². The fourth-order valence-corrected chi connectivity index (χ4v) is 3.99. The summed E-state index contributed by atoms with van der Waals surface area (Å²) in [6.45, 7) is 0.728. The predicted octanol–water partition coefficient (Wildman–Crippen LogP) is 2.87. The van der Waals surface area contributed by atoms with E-state index in [0.29, 0.717) is 38.6 Å². The molecule has 3 rings (SSSR count). The second-order valence-electron chi connectivity index (χ2n) is 7.45. The molecule has 0 spiro atoms. The molecule has 1 N–H and O–H groups in total. The van der Waals surface area contributed by atoms with Crippen molar-refractivity contribution in [1.82, 2.24) is 10.2 Å². The first-order valence-electron chi connectivity index (χ1n) is 9.02. The molecule has 1 saturated heterocycles. The smallest absolute Gasteiger partial charge is 0.353 e. The van der Waals surface area contributed by atoms with E-state index in [4.69, 9.17) is 0 Å². The summed E-state index contributed by atoms with van der Waals surface area (Å²) in [7, 11) is 0. The molecule has 3 atom stereocenters. The number of piperidine rings is 1. The lowest BCUT2D eigenvalue weighted by molar-refractivity contribution is -0.201. The standard InChI is InChI=1S/C17H25F3N2O2/c18-17(19,20)14-6-2-1-5-13(14)16(24)22-9-3-4-11(10-22)15(23)21-12-7-8-12/h11-14H,1-10H2,(H,21,23)/t11-,13+,14+/m1/s1. The highest BCUT2D eigenvalue weighted by atomic mass is 19.4. The zero-order valence-corrected chi connectivity index (χ0v) is 13.8. The maximum Gasteiger partial charge on any atom is 0.392 e. The number of nitrogens with one attached hydrogen (secondary N) is 1. The van der Waals surface area contributed by atoms with Crippen LogP contribution in [0.15, 0.2) is 0 Å². The Balaban J connectivity index is 1.63. The van der Waals surface area contributed by atoms with Gasteiger partial charge in [-0.15, -0.1) is 0 Å². The second kappa shape index (κ2) is 6.92. The first-order valence-corrected chi connectivity index (χ1v) is 9.02. The van der Waals surface area contributed by atoms with Crippen LogP contribution in [0.4, 0.5) is 13.2 Å². The zero-order chi connectivity index (χ0) is 17.3.